The highest BCUT2D eigenvalue weighted by atomic mass is 16.6. The average Bonchev–Trinajstić information content (AvgIpc) is 3.09. The summed E-state index contributed by atoms with van der Waals surface area (Å²) in [6, 6.07) is 0.846. The molecule has 2 aliphatic heterocycles. The molecule has 0 spiro atoms. The Morgan fingerprint density at radius 3 is 2.88 bits per heavy atom. The molecule has 2 saturated heterocycles. The van der Waals surface area contributed by atoms with Gasteiger partial charge in [-0.2, -0.15) is 0 Å². The summed E-state index contributed by atoms with van der Waals surface area (Å²) in [6.07, 6.45) is 4.43. The normalized spacial score (nSPS) is 35.3. The van der Waals surface area contributed by atoms with E-state index in [-0.39, 0.29) is 0 Å². The van der Waals surface area contributed by atoms with Crippen molar-refractivity contribution in [2.24, 2.45) is 5.92 Å². The molecule has 0 radical (unpaired) electrons. The summed E-state index contributed by atoms with van der Waals surface area (Å²) in [5, 5.41) is 3.64. The lowest BCUT2D eigenvalue weighted by molar-refractivity contribution is -0.0961. The van der Waals surface area contributed by atoms with Gasteiger partial charge < -0.3 is 19.7 Å². The topological polar surface area (TPSA) is 33.7 Å². The van der Waals surface area contributed by atoms with Crippen LogP contribution in [0.25, 0.3) is 0 Å². The number of nitrogens with one attached hydrogen (secondary N) is 1. The molecule has 98 valence electrons. The van der Waals surface area contributed by atoms with E-state index < -0.39 is 0 Å². The molecule has 0 amide bonds. The molecule has 4 nitrogen and oxygen atoms in total. The van der Waals surface area contributed by atoms with E-state index in [1.165, 1.54) is 38.9 Å². The first kappa shape index (κ1) is 11.9. The maximum atomic E-state index is 5.70. The fourth-order valence-electron chi connectivity index (χ4n) is 2.80. The molecule has 1 saturated carbocycles. The zero-order valence-corrected chi connectivity index (χ0v) is 10.6. The van der Waals surface area contributed by atoms with Gasteiger partial charge in [0.25, 0.3) is 0 Å². The molecule has 4 heteroatoms. The first-order chi connectivity index (χ1) is 8.40. The summed E-state index contributed by atoms with van der Waals surface area (Å²) in [4.78, 5) is 2.54. The van der Waals surface area contributed by atoms with E-state index in [1.807, 2.05) is 0 Å². The van der Waals surface area contributed by atoms with Gasteiger partial charge in [-0.05, 0) is 38.3 Å². The third-order valence-electron chi connectivity index (χ3n) is 3.99. The molecule has 3 aliphatic rings. The molecule has 3 fully saturated rings. The van der Waals surface area contributed by atoms with Gasteiger partial charge in [0.05, 0.1) is 25.9 Å². The van der Waals surface area contributed by atoms with E-state index in [2.05, 4.69) is 10.2 Å². The van der Waals surface area contributed by atoms with Crippen molar-refractivity contribution < 1.29 is 9.47 Å². The minimum Gasteiger partial charge on any atom is -0.376 e. The lowest BCUT2D eigenvalue weighted by atomic mass is 10.1. The van der Waals surface area contributed by atoms with Crippen molar-refractivity contribution >= 4 is 0 Å². The Morgan fingerprint density at radius 1 is 1.18 bits per heavy atom. The van der Waals surface area contributed by atoms with Crippen molar-refractivity contribution in [1.82, 2.24) is 10.2 Å². The minimum atomic E-state index is 0.305. The van der Waals surface area contributed by atoms with Gasteiger partial charge in [-0.15, -0.1) is 0 Å². The molecule has 0 aromatic carbocycles. The quantitative estimate of drug-likeness (QED) is 0.758. The van der Waals surface area contributed by atoms with Crippen LogP contribution >= 0.6 is 0 Å². The summed E-state index contributed by atoms with van der Waals surface area (Å²) >= 11 is 0. The molecule has 0 aromatic heterocycles. The van der Waals surface area contributed by atoms with Crippen LogP contribution in [0, 0.1) is 5.92 Å². The first-order valence-electron chi connectivity index (χ1n) is 7.05. The van der Waals surface area contributed by atoms with E-state index >= 15 is 0 Å². The van der Waals surface area contributed by atoms with Gasteiger partial charge in [0.2, 0.25) is 0 Å². The van der Waals surface area contributed by atoms with Crippen LogP contribution in [0.3, 0.4) is 0 Å². The Balaban J connectivity index is 1.34. The minimum absolute atomic E-state index is 0.305. The molecule has 3 rings (SSSR count). The Bertz CT molecular complexity index is 240. The Labute approximate surface area is 104 Å². The number of hydrogen-bond acceptors (Lipinski definition) is 4. The summed E-state index contributed by atoms with van der Waals surface area (Å²) in [6.45, 7) is 7.05. The molecule has 0 bridgehead atoms. The highest BCUT2D eigenvalue weighted by Gasteiger charge is 2.28. The van der Waals surface area contributed by atoms with Crippen molar-refractivity contribution in [3.63, 3.8) is 0 Å². The number of ether oxygens (including phenoxy) is 2. The van der Waals surface area contributed by atoms with E-state index in [0.29, 0.717) is 6.10 Å². The Kier molecular flexibility index (Phi) is 3.96. The smallest absolute Gasteiger partial charge is 0.0936 e. The lowest BCUT2D eigenvalue weighted by Crippen LogP contribution is -2.39. The second-order valence-electron chi connectivity index (χ2n) is 5.66. The fourth-order valence-corrected chi connectivity index (χ4v) is 2.80. The maximum absolute atomic E-state index is 5.70. The Hall–Kier alpha value is -0.160. The van der Waals surface area contributed by atoms with E-state index in [9.17, 15) is 0 Å². The number of rotatable bonds is 5. The van der Waals surface area contributed by atoms with Crippen molar-refractivity contribution in [3.8, 4) is 0 Å². The fraction of sp³-hybridized carbons (Fsp3) is 1.00. The van der Waals surface area contributed by atoms with E-state index in [4.69, 9.17) is 9.47 Å². The zero-order valence-electron chi connectivity index (χ0n) is 10.6. The van der Waals surface area contributed by atoms with Gasteiger partial charge in [0.15, 0.2) is 0 Å². The van der Waals surface area contributed by atoms with E-state index in [1.54, 1.807) is 0 Å². The summed E-state index contributed by atoms with van der Waals surface area (Å²) < 4.78 is 11.1. The summed E-state index contributed by atoms with van der Waals surface area (Å²) in [7, 11) is 0. The predicted molar refractivity (Wildman–Crippen MR) is 66.1 cm³/mol. The molecular formula is C13H24N2O2. The third-order valence-corrected chi connectivity index (χ3v) is 3.99. The first-order valence-corrected chi connectivity index (χ1v) is 7.05. The lowest BCUT2D eigenvalue weighted by Gasteiger charge is -2.27. The highest BCUT2D eigenvalue weighted by Crippen LogP contribution is 2.21. The molecule has 1 aliphatic carbocycles. The number of likely N-dealkylation sites (tertiary alicyclic amines) is 1. The summed E-state index contributed by atoms with van der Waals surface area (Å²) in [5.74, 6) is 0.847. The van der Waals surface area contributed by atoms with Gasteiger partial charge in [0.1, 0.15) is 0 Å². The standard InChI is InChI=1S/C13H24N2O2/c1-2-12(1)14-7-11-3-4-15(8-11)9-13-10-16-5-6-17-13/h11-14H,1-10H2. The SMILES string of the molecule is C1COC(CN2CCC(CNC3CC3)C2)CO1. The molecule has 2 heterocycles. The average molecular weight is 240 g/mol. The van der Waals surface area contributed by atoms with Crippen LogP contribution in [-0.4, -0.2) is 63.0 Å². The van der Waals surface area contributed by atoms with E-state index in [0.717, 1.165) is 38.3 Å². The highest BCUT2D eigenvalue weighted by molar-refractivity contribution is 4.85. The van der Waals surface area contributed by atoms with Crippen molar-refractivity contribution in [2.45, 2.75) is 31.4 Å². The molecular weight excluding hydrogens is 216 g/mol. The molecule has 2 atom stereocenters. The molecule has 2 unspecified atom stereocenters. The van der Waals surface area contributed by atoms with Crippen molar-refractivity contribution in [1.29, 1.82) is 0 Å². The molecule has 17 heavy (non-hydrogen) atoms. The van der Waals surface area contributed by atoms with Gasteiger partial charge in [-0.25, -0.2) is 0 Å². The largest absolute Gasteiger partial charge is 0.376 e. The Morgan fingerprint density at radius 2 is 2.12 bits per heavy atom. The second-order valence-corrected chi connectivity index (χ2v) is 5.66. The number of hydrogen-bond donors (Lipinski definition) is 1. The van der Waals surface area contributed by atoms with Crippen LogP contribution in [0.4, 0.5) is 0 Å². The van der Waals surface area contributed by atoms with Crippen LogP contribution in [-0.2, 0) is 9.47 Å². The van der Waals surface area contributed by atoms with Crippen LogP contribution < -0.4 is 5.32 Å². The van der Waals surface area contributed by atoms with Gasteiger partial charge in [0, 0.05) is 19.1 Å². The van der Waals surface area contributed by atoms with Crippen LogP contribution in [0.5, 0.6) is 0 Å². The van der Waals surface area contributed by atoms with Crippen molar-refractivity contribution in [3.05, 3.63) is 0 Å². The molecule has 0 aromatic rings. The van der Waals surface area contributed by atoms with Gasteiger partial charge >= 0.3 is 0 Å². The van der Waals surface area contributed by atoms with Crippen molar-refractivity contribution in [2.75, 3.05) is 46.0 Å². The number of nitrogens with zero attached hydrogens (tertiary/aromatic N) is 1. The van der Waals surface area contributed by atoms with Gasteiger partial charge in [-0.3, -0.25) is 0 Å². The maximum Gasteiger partial charge on any atom is 0.0936 e. The van der Waals surface area contributed by atoms with Crippen LogP contribution in [0.15, 0.2) is 0 Å². The molecule has 1 N–H and O–H groups in total. The monoisotopic (exact) mass is 240 g/mol. The summed E-state index contributed by atoms with van der Waals surface area (Å²) in [5.41, 5.74) is 0. The predicted octanol–water partition coefficient (Wildman–Crippen LogP) is 0.476. The van der Waals surface area contributed by atoms with Gasteiger partial charge in [-0.1, -0.05) is 0 Å². The second kappa shape index (κ2) is 5.65. The third kappa shape index (κ3) is 3.65. The van der Waals surface area contributed by atoms with Crippen LogP contribution in [0.1, 0.15) is 19.3 Å². The van der Waals surface area contributed by atoms with Crippen LogP contribution in [0.2, 0.25) is 0 Å². The zero-order chi connectivity index (χ0) is 11.5.